The Balaban J connectivity index is 2.18. The quantitative estimate of drug-likeness (QED) is 0.704. The van der Waals surface area contributed by atoms with Crippen LogP contribution in [0.4, 0.5) is 0 Å². The molecule has 0 amide bonds. The molecule has 0 aliphatic heterocycles. The summed E-state index contributed by atoms with van der Waals surface area (Å²) in [7, 11) is 0. The van der Waals surface area contributed by atoms with Crippen LogP contribution in [0.25, 0.3) is 11.0 Å². The second kappa shape index (κ2) is 5.54. The molecule has 0 atom stereocenters. The lowest BCUT2D eigenvalue weighted by atomic mass is 10.1. The predicted octanol–water partition coefficient (Wildman–Crippen LogP) is 4.58. The molecule has 0 radical (unpaired) electrons. The van der Waals surface area contributed by atoms with Gasteiger partial charge in [0.05, 0.1) is 5.39 Å². The summed E-state index contributed by atoms with van der Waals surface area (Å²) >= 11 is 1.26. The first-order valence-corrected chi connectivity index (χ1v) is 7.79. The van der Waals surface area contributed by atoms with Crippen molar-refractivity contribution in [3.63, 3.8) is 0 Å². The van der Waals surface area contributed by atoms with E-state index in [0.717, 1.165) is 16.0 Å². The van der Waals surface area contributed by atoms with Gasteiger partial charge >= 0.3 is 5.63 Å². The molecule has 3 rings (SSSR count). The van der Waals surface area contributed by atoms with Crippen molar-refractivity contribution < 1.29 is 9.52 Å². The molecule has 3 aromatic rings. The van der Waals surface area contributed by atoms with Crippen LogP contribution in [0.1, 0.15) is 16.7 Å². The third kappa shape index (κ3) is 2.50. The van der Waals surface area contributed by atoms with Gasteiger partial charge in [0.15, 0.2) is 0 Å². The lowest BCUT2D eigenvalue weighted by molar-refractivity contribution is 0.447. The molecule has 4 heteroatoms. The highest BCUT2D eigenvalue weighted by atomic mass is 32.2. The summed E-state index contributed by atoms with van der Waals surface area (Å²) in [6.45, 7) is 6.04. The number of hydrogen-bond acceptors (Lipinski definition) is 4. The summed E-state index contributed by atoms with van der Waals surface area (Å²) < 4.78 is 5.31. The van der Waals surface area contributed by atoms with Gasteiger partial charge in [0, 0.05) is 4.90 Å². The number of para-hydroxylation sites is 1. The number of benzene rings is 2. The Morgan fingerprint density at radius 2 is 1.64 bits per heavy atom. The largest absolute Gasteiger partial charge is 0.506 e. The second-order valence-electron chi connectivity index (χ2n) is 5.39. The fourth-order valence-corrected chi connectivity index (χ4v) is 3.61. The number of fused-ring (bicyclic) bond motifs is 1. The Bertz CT molecular complexity index is 902. The van der Waals surface area contributed by atoms with E-state index >= 15 is 0 Å². The lowest BCUT2D eigenvalue weighted by Gasteiger charge is -2.11. The highest BCUT2D eigenvalue weighted by molar-refractivity contribution is 7.99. The Kier molecular flexibility index (Phi) is 3.71. The Hall–Kier alpha value is -2.20. The molecule has 0 fully saturated rings. The van der Waals surface area contributed by atoms with Crippen molar-refractivity contribution in [3.05, 3.63) is 63.5 Å². The standard InChI is InChI=1S/C18H16O3S/c1-10-8-11(2)16(12(3)9-10)22-17-15(19)13-6-4-5-7-14(13)21-18(17)20/h4-9,19H,1-3H3. The third-order valence-electron chi connectivity index (χ3n) is 3.55. The first kappa shape index (κ1) is 14.7. The van der Waals surface area contributed by atoms with E-state index in [2.05, 4.69) is 12.1 Å². The van der Waals surface area contributed by atoms with E-state index in [-0.39, 0.29) is 10.6 Å². The minimum Gasteiger partial charge on any atom is -0.506 e. The fraction of sp³-hybridized carbons (Fsp3) is 0.167. The van der Waals surface area contributed by atoms with Gasteiger partial charge in [-0.25, -0.2) is 4.79 Å². The average Bonchev–Trinajstić information content (AvgIpc) is 2.45. The third-order valence-corrected chi connectivity index (χ3v) is 4.97. The summed E-state index contributed by atoms with van der Waals surface area (Å²) in [4.78, 5) is 13.4. The van der Waals surface area contributed by atoms with Gasteiger partial charge in [-0.3, -0.25) is 0 Å². The van der Waals surface area contributed by atoms with Crippen LogP contribution in [0.3, 0.4) is 0 Å². The zero-order chi connectivity index (χ0) is 15.9. The van der Waals surface area contributed by atoms with Crippen molar-refractivity contribution in [1.29, 1.82) is 0 Å². The molecule has 0 saturated heterocycles. The maximum atomic E-state index is 12.2. The normalized spacial score (nSPS) is 11.0. The molecule has 3 nitrogen and oxygen atoms in total. The summed E-state index contributed by atoms with van der Waals surface area (Å²) in [5.41, 5.74) is 3.21. The van der Waals surface area contributed by atoms with Gasteiger partial charge in [0.2, 0.25) is 0 Å². The molecule has 2 aromatic carbocycles. The topological polar surface area (TPSA) is 50.4 Å². The van der Waals surface area contributed by atoms with Crippen molar-refractivity contribution in [2.24, 2.45) is 0 Å². The zero-order valence-electron chi connectivity index (χ0n) is 12.6. The van der Waals surface area contributed by atoms with Gasteiger partial charge in [0.1, 0.15) is 16.2 Å². The van der Waals surface area contributed by atoms with E-state index in [0.29, 0.717) is 11.0 Å². The number of rotatable bonds is 2. The van der Waals surface area contributed by atoms with Gasteiger partial charge in [0.25, 0.3) is 0 Å². The molecular weight excluding hydrogens is 296 g/mol. The van der Waals surface area contributed by atoms with Gasteiger partial charge < -0.3 is 9.52 Å². The molecule has 0 aliphatic carbocycles. The first-order valence-electron chi connectivity index (χ1n) is 6.98. The molecule has 0 bridgehead atoms. The van der Waals surface area contributed by atoms with Gasteiger partial charge in [-0.2, -0.15) is 0 Å². The first-order chi connectivity index (χ1) is 10.5. The van der Waals surface area contributed by atoms with Crippen LogP contribution in [-0.4, -0.2) is 5.11 Å². The maximum Gasteiger partial charge on any atom is 0.354 e. The van der Waals surface area contributed by atoms with Crippen molar-refractivity contribution in [2.45, 2.75) is 30.6 Å². The highest BCUT2D eigenvalue weighted by Crippen LogP contribution is 2.39. The molecule has 0 saturated carbocycles. The maximum absolute atomic E-state index is 12.2. The van der Waals surface area contributed by atoms with Crippen molar-refractivity contribution in [1.82, 2.24) is 0 Å². The Morgan fingerprint density at radius 3 is 2.32 bits per heavy atom. The number of hydrogen-bond donors (Lipinski definition) is 1. The van der Waals surface area contributed by atoms with Crippen molar-refractivity contribution >= 4 is 22.7 Å². The van der Waals surface area contributed by atoms with Crippen LogP contribution in [0.2, 0.25) is 0 Å². The monoisotopic (exact) mass is 312 g/mol. The molecule has 1 N–H and O–H groups in total. The zero-order valence-corrected chi connectivity index (χ0v) is 13.5. The SMILES string of the molecule is Cc1cc(C)c(Sc2c(O)c3ccccc3oc2=O)c(C)c1. The number of aryl methyl sites for hydroxylation is 3. The predicted molar refractivity (Wildman–Crippen MR) is 88.9 cm³/mol. The van der Waals surface area contributed by atoms with E-state index in [4.69, 9.17) is 4.42 Å². The van der Waals surface area contributed by atoms with E-state index in [9.17, 15) is 9.90 Å². The number of aromatic hydroxyl groups is 1. The molecule has 1 aromatic heterocycles. The molecule has 22 heavy (non-hydrogen) atoms. The second-order valence-corrected chi connectivity index (χ2v) is 6.41. The van der Waals surface area contributed by atoms with Crippen LogP contribution in [0.5, 0.6) is 5.75 Å². The van der Waals surface area contributed by atoms with E-state index in [1.807, 2.05) is 20.8 Å². The fourth-order valence-electron chi connectivity index (χ4n) is 2.64. The van der Waals surface area contributed by atoms with Crippen LogP contribution >= 0.6 is 11.8 Å². The van der Waals surface area contributed by atoms with Gasteiger partial charge in [-0.15, -0.1) is 0 Å². The molecule has 0 aliphatic rings. The van der Waals surface area contributed by atoms with Crippen LogP contribution in [0.15, 0.2) is 55.4 Å². The van der Waals surface area contributed by atoms with Crippen molar-refractivity contribution in [3.8, 4) is 5.75 Å². The van der Waals surface area contributed by atoms with Crippen LogP contribution in [-0.2, 0) is 0 Å². The molecular formula is C18H16O3S. The summed E-state index contributed by atoms with van der Waals surface area (Å²) in [6.07, 6.45) is 0. The van der Waals surface area contributed by atoms with Gasteiger partial charge in [-0.1, -0.05) is 41.6 Å². The Labute approximate surface area is 132 Å². The van der Waals surface area contributed by atoms with Crippen molar-refractivity contribution in [2.75, 3.05) is 0 Å². The molecule has 1 heterocycles. The average molecular weight is 312 g/mol. The smallest absolute Gasteiger partial charge is 0.354 e. The van der Waals surface area contributed by atoms with E-state index in [1.54, 1.807) is 24.3 Å². The minimum atomic E-state index is -0.513. The molecule has 0 spiro atoms. The molecule has 0 unspecified atom stereocenters. The van der Waals surface area contributed by atoms with Crippen LogP contribution < -0.4 is 5.63 Å². The summed E-state index contributed by atoms with van der Waals surface area (Å²) in [5.74, 6) is -0.0174. The molecule has 112 valence electrons. The van der Waals surface area contributed by atoms with E-state index in [1.165, 1.54) is 17.3 Å². The lowest BCUT2D eigenvalue weighted by Crippen LogP contribution is -2.03. The summed E-state index contributed by atoms with van der Waals surface area (Å²) in [5, 5.41) is 11.0. The minimum absolute atomic E-state index is 0.0174. The van der Waals surface area contributed by atoms with Crippen LogP contribution in [0, 0.1) is 20.8 Å². The Morgan fingerprint density at radius 1 is 1.00 bits per heavy atom. The van der Waals surface area contributed by atoms with Gasteiger partial charge in [-0.05, 0) is 44.0 Å². The highest BCUT2D eigenvalue weighted by Gasteiger charge is 2.17. The van der Waals surface area contributed by atoms with E-state index < -0.39 is 5.63 Å². The summed E-state index contributed by atoms with van der Waals surface area (Å²) in [6, 6.07) is 11.1.